The Labute approximate surface area is 197 Å². The molecule has 0 N–H and O–H groups in total. The molecule has 2 nitrogen and oxygen atoms in total. The molecular weight excluding hydrogens is 411 g/mol. The number of aryl methyl sites for hydroxylation is 2. The van der Waals surface area contributed by atoms with Gasteiger partial charge in [-0.2, -0.15) is 0 Å². The Bertz CT molecular complexity index is 1100. The summed E-state index contributed by atoms with van der Waals surface area (Å²) in [6.07, 6.45) is 6.66. The molecule has 2 atom stereocenters. The van der Waals surface area contributed by atoms with E-state index in [2.05, 4.69) is 59.4 Å². The fraction of sp³-hybridized carbons (Fsp3) is 0.400. The lowest BCUT2D eigenvalue weighted by Crippen LogP contribution is -2.05. The third kappa shape index (κ3) is 5.24. The van der Waals surface area contributed by atoms with Gasteiger partial charge in [-0.3, -0.25) is 0 Å². The molecule has 2 aliphatic rings. The topological polar surface area (TPSA) is 18.5 Å². The van der Waals surface area contributed by atoms with E-state index in [1.54, 1.807) is 0 Å². The SMILES string of the molecule is C=C(/C=C1/CC2CC2/C1=C/C)OCc1cc(-c2c(C)cc(OCC(C)C)cc2C)ccc1F. The second-order valence-corrected chi connectivity index (χ2v) is 9.92. The van der Waals surface area contributed by atoms with Gasteiger partial charge < -0.3 is 9.47 Å². The van der Waals surface area contributed by atoms with E-state index in [1.165, 1.54) is 23.6 Å². The molecule has 0 saturated heterocycles. The highest BCUT2D eigenvalue weighted by molar-refractivity contribution is 5.72. The molecule has 2 aromatic carbocycles. The van der Waals surface area contributed by atoms with Crippen LogP contribution in [0.3, 0.4) is 0 Å². The Kier molecular flexibility index (Phi) is 6.78. The highest BCUT2D eigenvalue weighted by atomic mass is 19.1. The van der Waals surface area contributed by atoms with Crippen LogP contribution in [0.5, 0.6) is 5.75 Å². The highest BCUT2D eigenvalue weighted by Crippen LogP contribution is 2.57. The van der Waals surface area contributed by atoms with Gasteiger partial charge in [-0.1, -0.05) is 32.6 Å². The number of rotatable bonds is 8. The smallest absolute Gasteiger partial charge is 0.129 e. The molecule has 0 spiro atoms. The number of halogens is 1. The summed E-state index contributed by atoms with van der Waals surface area (Å²) in [5.41, 5.74) is 7.61. The van der Waals surface area contributed by atoms with E-state index < -0.39 is 0 Å². The highest BCUT2D eigenvalue weighted by Gasteiger charge is 2.46. The van der Waals surface area contributed by atoms with Crippen LogP contribution in [-0.4, -0.2) is 6.61 Å². The minimum atomic E-state index is -0.261. The monoisotopic (exact) mass is 446 g/mol. The molecule has 2 unspecified atom stereocenters. The van der Waals surface area contributed by atoms with Crippen molar-refractivity contribution in [3.63, 3.8) is 0 Å². The standard InChI is InChI=1S/C30H35FO2/c1-7-27-23(14-24-15-28(24)27)12-21(6)32-17-25-13-22(8-9-29(25)31)30-19(4)10-26(11-20(30)5)33-16-18(2)3/h7-13,18,24,28H,6,14-17H2,1-5H3/b23-12-,27-7+. The normalized spacial score (nSPS) is 21.5. The Morgan fingerprint density at radius 1 is 1.18 bits per heavy atom. The van der Waals surface area contributed by atoms with Gasteiger partial charge >= 0.3 is 0 Å². The van der Waals surface area contributed by atoms with E-state index in [-0.39, 0.29) is 12.4 Å². The van der Waals surface area contributed by atoms with Crippen LogP contribution in [0.4, 0.5) is 4.39 Å². The molecule has 0 amide bonds. The minimum absolute atomic E-state index is 0.161. The Hall–Kier alpha value is -2.81. The van der Waals surface area contributed by atoms with Crippen molar-refractivity contribution >= 4 is 0 Å². The number of allylic oxidation sites excluding steroid dienone is 4. The van der Waals surface area contributed by atoms with Crippen LogP contribution in [0.2, 0.25) is 0 Å². The van der Waals surface area contributed by atoms with Gasteiger partial charge in [0.05, 0.1) is 6.61 Å². The molecule has 2 aliphatic carbocycles. The van der Waals surface area contributed by atoms with E-state index >= 15 is 0 Å². The quantitative estimate of drug-likeness (QED) is 0.382. The van der Waals surface area contributed by atoms with Gasteiger partial charge in [-0.05, 0) is 115 Å². The van der Waals surface area contributed by atoms with Crippen LogP contribution in [0.1, 0.15) is 50.3 Å². The second-order valence-electron chi connectivity index (χ2n) is 9.92. The molecule has 2 saturated carbocycles. The minimum Gasteiger partial charge on any atom is -0.493 e. The van der Waals surface area contributed by atoms with Gasteiger partial charge in [0, 0.05) is 5.56 Å². The maximum atomic E-state index is 14.6. The summed E-state index contributed by atoms with van der Waals surface area (Å²) in [6, 6.07) is 9.37. The second kappa shape index (κ2) is 9.59. The molecular formula is C30H35FO2. The van der Waals surface area contributed by atoms with Crippen LogP contribution in [0.15, 0.2) is 66.0 Å². The van der Waals surface area contributed by atoms with Gasteiger partial charge in [0.25, 0.3) is 0 Å². The third-order valence-corrected chi connectivity index (χ3v) is 6.66. The molecule has 4 rings (SSSR count). The van der Waals surface area contributed by atoms with Crippen molar-refractivity contribution in [2.75, 3.05) is 6.61 Å². The van der Waals surface area contributed by atoms with Crippen molar-refractivity contribution in [1.29, 1.82) is 0 Å². The lowest BCUT2D eigenvalue weighted by Gasteiger charge is -2.16. The van der Waals surface area contributed by atoms with Crippen molar-refractivity contribution in [3.05, 3.63) is 88.5 Å². The maximum Gasteiger partial charge on any atom is 0.129 e. The van der Waals surface area contributed by atoms with Gasteiger partial charge in [0.15, 0.2) is 0 Å². The van der Waals surface area contributed by atoms with E-state index in [9.17, 15) is 4.39 Å². The van der Waals surface area contributed by atoms with Gasteiger partial charge in [-0.25, -0.2) is 4.39 Å². The van der Waals surface area contributed by atoms with Crippen LogP contribution in [0, 0.1) is 37.4 Å². The van der Waals surface area contributed by atoms with Crippen LogP contribution in [0.25, 0.3) is 11.1 Å². The van der Waals surface area contributed by atoms with Crippen molar-refractivity contribution in [3.8, 4) is 16.9 Å². The van der Waals surface area contributed by atoms with Gasteiger partial charge in [-0.15, -0.1) is 0 Å². The molecule has 0 radical (unpaired) electrons. The van der Waals surface area contributed by atoms with Crippen molar-refractivity contribution < 1.29 is 13.9 Å². The molecule has 0 aliphatic heterocycles. The Balaban J connectivity index is 1.48. The summed E-state index contributed by atoms with van der Waals surface area (Å²) in [7, 11) is 0. The molecule has 0 bridgehead atoms. The molecule has 2 aromatic rings. The molecule has 3 heteroatoms. The van der Waals surface area contributed by atoms with Gasteiger partial charge in [0.1, 0.15) is 23.9 Å². The summed E-state index contributed by atoms with van der Waals surface area (Å²) in [5.74, 6) is 3.22. The molecule has 2 fully saturated rings. The van der Waals surface area contributed by atoms with Gasteiger partial charge in [0.2, 0.25) is 0 Å². The summed E-state index contributed by atoms with van der Waals surface area (Å²) >= 11 is 0. The zero-order chi connectivity index (χ0) is 23.7. The van der Waals surface area contributed by atoms with E-state index in [1.807, 2.05) is 18.2 Å². The first-order valence-electron chi connectivity index (χ1n) is 12.0. The van der Waals surface area contributed by atoms with Crippen LogP contribution >= 0.6 is 0 Å². The van der Waals surface area contributed by atoms with Crippen molar-refractivity contribution in [1.82, 2.24) is 0 Å². The fourth-order valence-electron chi connectivity index (χ4n) is 5.01. The zero-order valence-corrected chi connectivity index (χ0v) is 20.5. The van der Waals surface area contributed by atoms with E-state index in [0.29, 0.717) is 23.8 Å². The predicted molar refractivity (Wildman–Crippen MR) is 134 cm³/mol. The average Bonchev–Trinajstić information content (AvgIpc) is 3.43. The Morgan fingerprint density at radius 3 is 2.58 bits per heavy atom. The lowest BCUT2D eigenvalue weighted by atomic mass is 9.94. The predicted octanol–water partition coefficient (Wildman–Crippen LogP) is 8.09. The van der Waals surface area contributed by atoms with E-state index in [4.69, 9.17) is 9.47 Å². The summed E-state index contributed by atoms with van der Waals surface area (Å²) in [4.78, 5) is 0. The Morgan fingerprint density at radius 2 is 1.91 bits per heavy atom. The molecule has 174 valence electrons. The van der Waals surface area contributed by atoms with Crippen molar-refractivity contribution in [2.45, 2.75) is 54.1 Å². The number of fused-ring (bicyclic) bond motifs is 1. The van der Waals surface area contributed by atoms with E-state index in [0.717, 1.165) is 46.3 Å². The molecule has 0 aromatic heterocycles. The largest absolute Gasteiger partial charge is 0.493 e. The summed E-state index contributed by atoms with van der Waals surface area (Å²) in [6.45, 7) is 15.4. The summed E-state index contributed by atoms with van der Waals surface area (Å²) < 4.78 is 26.4. The fourth-order valence-corrected chi connectivity index (χ4v) is 5.01. The number of hydrogen-bond acceptors (Lipinski definition) is 2. The van der Waals surface area contributed by atoms with Crippen LogP contribution < -0.4 is 4.74 Å². The first-order valence-corrected chi connectivity index (χ1v) is 12.0. The number of hydrogen-bond donors (Lipinski definition) is 0. The summed E-state index contributed by atoms with van der Waals surface area (Å²) in [5, 5.41) is 0. The first kappa shape index (κ1) is 23.4. The van der Waals surface area contributed by atoms with Crippen molar-refractivity contribution in [2.24, 2.45) is 17.8 Å². The average molecular weight is 447 g/mol. The first-order chi connectivity index (χ1) is 15.8. The number of ether oxygens (including phenoxy) is 2. The third-order valence-electron chi connectivity index (χ3n) is 6.66. The maximum absolute atomic E-state index is 14.6. The molecule has 33 heavy (non-hydrogen) atoms. The van der Waals surface area contributed by atoms with Crippen LogP contribution in [-0.2, 0) is 11.3 Å². The number of benzene rings is 2. The zero-order valence-electron chi connectivity index (χ0n) is 20.5. The molecule has 0 heterocycles. The lowest BCUT2D eigenvalue weighted by molar-refractivity contribution is 0.208.